The Kier molecular flexibility index (Phi) is 3.34. The first-order chi connectivity index (χ1) is 9.63. The predicted octanol–water partition coefficient (Wildman–Crippen LogP) is 4.39. The maximum absolute atomic E-state index is 12.2. The lowest BCUT2D eigenvalue weighted by atomic mass is 10.2. The zero-order valence-corrected chi connectivity index (χ0v) is 12.0. The fourth-order valence-electron chi connectivity index (χ4n) is 1.91. The molecular formula is C15H11ClN2OS. The van der Waals surface area contributed by atoms with Crippen LogP contribution in [0.1, 0.15) is 9.67 Å². The van der Waals surface area contributed by atoms with Gasteiger partial charge < -0.3 is 11.1 Å². The molecule has 0 aliphatic carbocycles. The number of halogens is 1. The molecule has 5 heteroatoms. The van der Waals surface area contributed by atoms with Crippen LogP contribution in [0.3, 0.4) is 0 Å². The van der Waals surface area contributed by atoms with Crippen molar-refractivity contribution < 1.29 is 4.79 Å². The van der Waals surface area contributed by atoms with Crippen LogP contribution >= 0.6 is 22.9 Å². The summed E-state index contributed by atoms with van der Waals surface area (Å²) >= 11 is 7.36. The highest BCUT2D eigenvalue weighted by molar-refractivity contribution is 7.20. The molecule has 0 aliphatic rings. The van der Waals surface area contributed by atoms with Crippen molar-refractivity contribution in [3.63, 3.8) is 0 Å². The standard InChI is InChI=1S/C15H11ClN2OS/c16-10-5-6-11(17)12(8-10)18-15(19)14-7-9-3-1-2-4-13(9)20-14/h1-8H,17H2,(H,18,19). The van der Waals surface area contributed by atoms with Gasteiger partial charge in [0, 0.05) is 9.72 Å². The molecule has 2 aromatic carbocycles. The largest absolute Gasteiger partial charge is 0.397 e. The zero-order valence-electron chi connectivity index (χ0n) is 10.4. The number of carbonyl (C=O) groups excluding carboxylic acids is 1. The average molecular weight is 303 g/mol. The summed E-state index contributed by atoms with van der Waals surface area (Å²) in [6, 6.07) is 14.7. The third kappa shape index (κ3) is 2.48. The summed E-state index contributed by atoms with van der Waals surface area (Å²) in [4.78, 5) is 12.9. The van der Waals surface area contributed by atoms with Crippen molar-refractivity contribution in [2.24, 2.45) is 0 Å². The van der Waals surface area contributed by atoms with Gasteiger partial charge in [-0.3, -0.25) is 4.79 Å². The first-order valence-corrected chi connectivity index (χ1v) is 7.18. The molecule has 0 unspecified atom stereocenters. The number of thiophene rings is 1. The smallest absolute Gasteiger partial charge is 0.265 e. The molecular weight excluding hydrogens is 292 g/mol. The Bertz CT molecular complexity index is 764. The summed E-state index contributed by atoms with van der Waals surface area (Å²) in [5.41, 5.74) is 6.84. The van der Waals surface area contributed by atoms with Gasteiger partial charge in [-0.05, 0) is 35.7 Å². The van der Waals surface area contributed by atoms with E-state index in [1.807, 2.05) is 30.3 Å². The van der Waals surface area contributed by atoms with Gasteiger partial charge in [0.1, 0.15) is 0 Å². The average Bonchev–Trinajstić information content (AvgIpc) is 2.87. The van der Waals surface area contributed by atoms with Gasteiger partial charge in [-0.15, -0.1) is 11.3 Å². The minimum absolute atomic E-state index is 0.180. The summed E-state index contributed by atoms with van der Waals surface area (Å²) in [6.07, 6.45) is 0. The van der Waals surface area contributed by atoms with Crippen molar-refractivity contribution in [2.45, 2.75) is 0 Å². The SMILES string of the molecule is Nc1ccc(Cl)cc1NC(=O)c1cc2ccccc2s1. The van der Waals surface area contributed by atoms with Gasteiger partial charge in [0.05, 0.1) is 16.3 Å². The van der Waals surface area contributed by atoms with Crippen molar-refractivity contribution in [3.8, 4) is 0 Å². The quantitative estimate of drug-likeness (QED) is 0.690. The van der Waals surface area contributed by atoms with Crippen molar-refractivity contribution in [3.05, 3.63) is 58.4 Å². The first kappa shape index (κ1) is 13.0. The van der Waals surface area contributed by atoms with Gasteiger partial charge in [0.2, 0.25) is 0 Å². The van der Waals surface area contributed by atoms with Crippen molar-refractivity contribution in [1.29, 1.82) is 0 Å². The molecule has 100 valence electrons. The fraction of sp³-hybridized carbons (Fsp3) is 0. The van der Waals surface area contributed by atoms with Crippen LogP contribution in [0, 0.1) is 0 Å². The number of carbonyl (C=O) groups is 1. The lowest BCUT2D eigenvalue weighted by Crippen LogP contribution is -2.11. The summed E-state index contributed by atoms with van der Waals surface area (Å²) in [7, 11) is 0. The number of fused-ring (bicyclic) bond motifs is 1. The van der Waals surface area contributed by atoms with E-state index in [1.165, 1.54) is 11.3 Å². The summed E-state index contributed by atoms with van der Waals surface area (Å²) < 4.78 is 1.08. The van der Waals surface area contributed by atoms with Crippen molar-refractivity contribution in [1.82, 2.24) is 0 Å². The van der Waals surface area contributed by atoms with Crippen LogP contribution in [0.25, 0.3) is 10.1 Å². The van der Waals surface area contributed by atoms with Gasteiger partial charge in [0.25, 0.3) is 5.91 Å². The minimum atomic E-state index is -0.180. The van der Waals surface area contributed by atoms with E-state index >= 15 is 0 Å². The van der Waals surface area contributed by atoms with Gasteiger partial charge >= 0.3 is 0 Å². The Balaban J connectivity index is 1.90. The summed E-state index contributed by atoms with van der Waals surface area (Å²) in [5, 5.41) is 4.38. The van der Waals surface area contributed by atoms with Crippen LogP contribution in [0.2, 0.25) is 5.02 Å². The predicted molar refractivity (Wildman–Crippen MR) is 85.6 cm³/mol. The van der Waals surface area contributed by atoms with Crippen LogP contribution in [0.15, 0.2) is 48.5 Å². The molecule has 0 radical (unpaired) electrons. The zero-order chi connectivity index (χ0) is 14.1. The number of nitrogens with two attached hydrogens (primary N) is 1. The molecule has 3 nitrogen and oxygen atoms in total. The van der Waals surface area contributed by atoms with E-state index < -0.39 is 0 Å². The van der Waals surface area contributed by atoms with Gasteiger partial charge in [-0.2, -0.15) is 0 Å². The normalized spacial score (nSPS) is 10.7. The first-order valence-electron chi connectivity index (χ1n) is 5.98. The number of benzene rings is 2. The third-order valence-corrected chi connectivity index (χ3v) is 4.26. The second-order valence-electron chi connectivity index (χ2n) is 4.33. The second kappa shape index (κ2) is 5.15. The van der Waals surface area contributed by atoms with E-state index in [-0.39, 0.29) is 5.91 Å². The van der Waals surface area contributed by atoms with E-state index in [0.717, 1.165) is 10.1 Å². The van der Waals surface area contributed by atoms with Crippen molar-refractivity contribution >= 4 is 50.3 Å². The van der Waals surface area contributed by atoms with Crippen molar-refractivity contribution in [2.75, 3.05) is 11.1 Å². The topological polar surface area (TPSA) is 55.1 Å². The van der Waals surface area contributed by atoms with Gasteiger partial charge in [0.15, 0.2) is 0 Å². The van der Waals surface area contributed by atoms with Crippen LogP contribution in [-0.2, 0) is 0 Å². The number of anilines is 2. The molecule has 0 aliphatic heterocycles. The lowest BCUT2D eigenvalue weighted by Gasteiger charge is -2.07. The van der Waals surface area contributed by atoms with Gasteiger partial charge in [-0.25, -0.2) is 0 Å². The molecule has 1 heterocycles. The number of nitrogens with one attached hydrogen (secondary N) is 1. The van der Waals surface area contributed by atoms with E-state index in [0.29, 0.717) is 21.3 Å². The van der Waals surface area contributed by atoms with Crippen LogP contribution in [0.5, 0.6) is 0 Å². The minimum Gasteiger partial charge on any atom is -0.397 e. The van der Waals surface area contributed by atoms with E-state index in [1.54, 1.807) is 18.2 Å². The monoisotopic (exact) mass is 302 g/mol. The van der Waals surface area contributed by atoms with E-state index in [4.69, 9.17) is 17.3 Å². The molecule has 3 rings (SSSR count). The van der Waals surface area contributed by atoms with E-state index in [2.05, 4.69) is 5.32 Å². The molecule has 0 atom stereocenters. The Morgan fingerprint density at radius 3 is 2.75 bits per heavy atom. The number of nitrogen functional groups attached to an aromatic ring is 1. The highest BCUT2D eigenvalue weighted by atomic mass is 35.5. The number of hydrogen-bond acceptors (Lipinski definition) is 3. The molecule has 0 saturated carbocycles. The molecule has 0 bridgehead atoms. The van der Waals surface area contributed by atoms with Crippen LogP contribution in [0.4, 0.5) is 11.4 Å². The maximum Gasteiger partial charge on any atom is 0.265 e. The second-order valence-corrected chi connectivity index (χ2v) is 5.85. The molecule has 20 heavy (non-hydrogen) atoms. The number of amides is 1. The number of rotatable bonds is 2. The molecule has 0 fully saturated rings. The molecule has 1 amide bonds. The highest BCUT2D eigenvalue weighted by Gasteiger charge is 2.11. The van der Waals surface area contributed by atoms with Crippen LogP contribution in [-0.4, -0.2) is 5.91 Å². The third-order valence-electron chi connectivity index (χ3n) is 2.91. The van der Waals surface area contributed by atoms with Crippen LogP contribution < -0.4 is 11.1 Å². The van der Waals surface area contributed by atoms with Gasteiger partial charge in [-0.1, -0.05) is 29.8 Å². The fourth-order valence-corrected chi connectivity index (χ4v) is 3.04. The maximum atomic E-state index is 12.2. The lowest BCUT2D eigenvalue weighted by molar-refractivity contribution is 0.103. The number of hydrogen-bond donors (Lipinski definition) is 2. The Labute approximate surface area is 125 Å². The molecule has 1 aromatic heterocycles. The Hall–Kier alpha value is -2.04. The Morgan fingerprint density at radius 1 is 1.15 bits per heavy atom. The summed E-state index contributed by atoms with van der Waals surface area (Å²) in [6.45, 7) is 0. The molecule has 0 spiro atoms. The molecule has 0 saturated heterocycles. The molecule has 3 N–H and O–H groups in total. The highest BCUT2D eigenvalue weighted by Crippen LogP contribution is 2.28. The Morgan fingerprint density at radius 2 is 1.95 bits per heavy atom. The summed E-state index contributed by atoms with van der Waals surface area (Å²) in [5.74, 6) is -0.180. The van der Waals surface area contributed by atoms with E-state index in [9.17, 15) is 4.79 Å². The molecule has 3 aromatic rings.